The fraction of sp³-hybridized carbons (Fsp3) is 0.329. The molecule has 0 aliphatic carbocycles. The lowest BCUT2D eigenvalue weighted by atomic mass is 9.90. The molecule has 0 atom stereocenters. The molecule has 0 saturated heterocycles. The van der Waals surface area contributed by atoms with E-state index in [1.165, 1.54) is 12.1 Å². The normalized spacial score (nSPS) is 11.5. The maximum Gasteiger partial charge on any atom is 0.316 e. The van der Waals surface area contributed by atoms with Crippen molar-refractivity contribution in [2.75, 3.05) is 0 Å². The summed E-state index contributed by atoms with van der Waals surface area (Å²) in [4.78, 5) is 60.2. The van der Waals surface area contributed by atoms with E-state index in [4.69, 9.17) is 23.7 Å². The van der Waals surface area contributed by atoms with Crippen LogP contribution >= 0.6 is 0 Å². The number of aromatic hydroxyl groups is 6. The molecule has 0 fully saturated rings. The number of hydrogen-bond acceptors (Lipinski definition) is 16. The van der Waals surface area contributed by atoms with E-state index in [0.29, 0.717) is 46.2 Å². The van der Waals surface area contributed by atoms with Gasteiger partial charge in [0.25, 0.3) is 0 Å². The van der Waals surface area contributed by atoms with E-state index in [2.05, 4.69) is 0 Å². The minimum atomic E-state index is -0.582. The van der Waals surface area contributed by atoms with Gasteiger partial charge >= 0.3 is 29.8 Å². The summed E-state index contributed by atoms with van der Waals surface area (Å²) < 4.78 is 27.1. The first-order valence-electron chi connectivity index (χ1n) is 32.9. The first-order chi connectivity index (χ1) is 46.1. The Morgan fingerprint density at radius 1 is 0.306 bits per heavy atom. The van der Waals surface area contributed by atoms with Gasteiger partial charge in [0.2, 0.25) is 0 Å². The highest BCUT2D eigenvalue weighted by atomic mass is 16.6. The van der Waals surface area contributed by atoms with Crippen LogP contribution in [-0.2, 0) is 46.7 Å². The summed E-state index contributed by atoms with van der Waals surface area (Å²) in [7, 11) is 0. The van der Waals surface area contributed by atoms with Gasteiger partial charge in [-0.05, 0) is 212 Å². The molecule has 0 aliphatic heterocycles. The molecule has 98 heavy (non-hydrogen) atoms. The van der Waals surface area contributed by atoms with Gasteiger partial charge in [0, 0.05) is 33.0 Å². The van der Waals surface area contributed by atoms with E-state index in [0.717, 1.165) is 68.1 Å². The minimum Gasteiger partial charge on any atom is -0.508 e. The number of carbonyl (C=O) groups is 5. The van der Waals surface area contributed by atoms with E-state index in [9.17, 15) is 54.6 Å². The van der Waals surface area contributed by atoms with Crippen LogP contribution in [0.1, 0.15) is 147 Å². The number of phenols is 6. The molecule has 0 saturated carbocycles. The number of benzene rings is 10. The van der Waals surface area contributed by atoms with Crippen molar-refractivity contribution < 1.29 is 78.3 Å². The minimum absolute atomic E-state index is 0.0485. The van der Waals surface area contributed by atoms with Gasteiger partial charge in [0.1, 0.15) is 65.0 Å². The molecule has 0 amide bonds. The van der Waals surface area contributed by atoms with E-state index in [1.807, 2.05) is 165 Å². The molecule has 0 aromatic heterocycles. The van der Waals surface area contributed by atoms with Crippen LogP contribution in [0.3, 0.4) is 0 Å². The zero-order valence-corrected chi connectivity index (χ0v) is 59.0. The molecule has 10 aromatic rings. The van der Waals surface area contributed by atoms with Crippen LogP contribution in [0.2, 0.25) is 0 Å². The first kappa shape index (κ1) is 76.7. The number of phenolic OH excluding ortho intramolecular Hbond substituents is 6. The maximum atomic E-state index is 12.1. The predicted molar refractivity (Wildman–Crippen MR) is 387 cm³/mol. The van der Waals surface area contributed by atoms with Crippen molar-refractivity contribution in [3.05, 3.63) is 187 Å². The van der Waals surface area contributed by atoms with E-state index < -0.39 is 27.1 Å². The van der Waals surface area contributed by atoms with Crippen LogP contribution in [0.15, 0.2) is 176 Å². The van der Waals surface area contributed by atoms with Crippen LogP contribution in [-0.4, -0.2) is 60.5 Å². The van der Waals surface area contributed by atoms with Gasteiger partial charge < -0.3 is 54.3 Å². The molecule has 0 radical (unpaired) electrons. The number of fused-ring (bicyclic) bond motifs is 5. The summed E-state index contributed by atoms with van der Waals surface area (Å²) in [6.45, 7) is 28.9. The molecule has 0 heterocycles. The molecular weight excluding hydrogens is 1240 g/mol. The van der Waals surface area contributed by atoms with Crippen molar-refractivity contribution in [3.63, 3.8) is 0 Å². The average molecular weight is 1340 g/mol. The van der Waals surface area contributed by atoms with Crippen molar-refractivity contribution >= 4 is 83.7 Å². The molecule has 16 heteroatoms. The number of ether oxygens (including phenoxy) is 5. The third-order valence-corrected chi connectivity index (χ3v) is 18.0. The number of hydrogen-bond donors (Lipinski definition) is 6. The van der Waals surface area contributed by atoms with Gasteiger partial charge in [-0.1, -0.05) is 132 Å². The zero-order valence-electron chi connectivity index (χ0n) is 59.0. The fourth-order valence-corrected chi connectivity index (χ4v) is 9.02. The highest BCUT2D eigenvalue weighted by Crippen LogP contribution is 2.38. The first-order valence-corrected chi connectivity index (χ1v) is 32.9. The highest BCUT2D eigenvalue weighted by Gasteiger charge is 2.32. The third-order valence-electron chi connectivity index (χ3n) is 18.0. The van der Waals surface area contributed by atoms with Crippen LogP contribution in [0.25, 0.3) is 53.9 Å². The summed E-state index contributed by atoms with van der Waals surface area (Å²) >= 11 is 0. The van der Waals surface area contributed by atoms with Gasteiger partial charge in [0.05, 0.1) is 27.1 Å². The Bertz CT molecular complexity index is 4460. The summed E-state index contributed by atoms with van der Waals surface area (Å²) in [5.74, 6) is 0.934. The van der Waals surface area contributed by atoms with Crippen molar-refractivity contribution in [1.82, 2.24) is 0 Å². The topological polar surface area (TPSA) is 253 Å². The highest BCUT2D eigenvalue weighted by molar-refractivity contribution is 5.97. The number of carbonyl (C=O) groups excluding carboxylic acids is 5. The SMILES string of the molecule is CCC(C)(C)C(=O)OCc1ccc2cc(O)ccc2c1.CCC(C)(C)C(=O)OCc1cccc2c(O)cccc12.CCC(C)(C)C(=O)Oc1ccc2cc(O)ccc2c1.CCC(C)(C)C(=O)Oc1cccc2c(O)cc(O)cc12.CCC(C)(C)C(=O)Oc1cccc2c(O)cccc12. The van der Waals surface area contributed by atoms with Crippen LogP contribution in [0.5, 0.6) is 51.7 Å². The molecule has 0 bridgehead atoms. The summed E-state index contributed by atoms with van der Waals surface area (Å²) in [5.41, 5.74) is -0.638. The Kier molecular flexibility index (Phi) is 25.9. The van der Waals surface area contributed by atoms with Crippen molar-refractivity contribution in [1.29, 1.82) is 0 Å². The Balaban J connectivity index is 0.000000193. The van der Waals surface area contributed by atoms with E-state index in [1.54, 1.807) is 103 Å². The second kappa shape index (κ2) is 33.1. The Morgan fingerprint density at radius 3 is 1.17 bits per heavy atom. The molecule has 10 rings (SSSR count). The predicted octanol–water partition coefficient (Wildman–Crippen LogP) is 19.4. The van der Waals surface area contributed by atoms with Crippen molar-refractivity contribution in [2.24, 2.45) is 27.1 Å². The Labute approximate surface area is 574 Å². The van der Waals surface area contributed by atoms with Gasteiger partial charge in [-0.25, -0.2) is 0 Å². The molecule has 0 aliphatic rings. The second-order valence-corrected chi connectivity index (χ2v) is 27.3. The molecule has 6 N–H and O–H groups in total. The third kappa shape index (κ3) is 20.1. The lowest BCUT2D eigenvalue weighted by molar-refractivity contribution is -0.156. The molecular formula is C82H94O16. The monoisotopic (exact) mass is 1330 g/mol. The standard InChI is InChI=1S/2C17H20O3.C16H18O4.2C16H18O3/c1-4-17(2,3)16(19)20-11-12-7-5-9-14-13(12)8-6-10-15(14)18;1-4-17(2,3)16(19)20-11-12-5-6-14-10-15(18)8-7-13(14)9-12;1-4-16(2,3)15(19)20-14-7-5-6-11-12(14)8-10(17)9-13(11)18;1-4-16(2,3)15(18)19-14-10-6-7-11-12(14)8-5-9-13(11)17;1-4-16(2,3)15(18)19-14-8-6-11-9-13(17)7-5-12(11)10-14/h2*5-10,18H,4,11H2,1-3H3;5-9,17-18H,4H2,1-3H3;2*5-10,17H,4H2,1-3H3. The fourth-order valence-electron chi connectivity index (χ4n) is 9.02. The maximum absolute atomic E-state index is 12.1. The quantitative estimate of drug-likeness (QED) is 0.0366. The smallest absolute Gasteiger partial charge is 0.316 e. The summed E-state index contributed by atoms with van der Waals surface area (Å²) in [6, 6.07) is 50.7. The van der Waals surface area contributed by atoms with Gasteiger partial charge in [-0.3, -0.25) is 24.0 Å². The number of rotatable bonds is 17. The second-order valence-electron chi connectivity index (χ2n) is 27.3. The van der Waals surface area contributed by atoms with Gasteiger partial charge in [0.15, 0.2) is 0 Å². The van der Waals surface area contributed by atoms with Gasteiger partial charge in [-0.2, -0.15) is 0 Å². The van der Waals surface area contributed by atoms with E-state index >= 15 is 0 Å². The van der Waals surface area contributed by atoms with Crippen LogP contribution in [0.4, 0.5) is 0 Å². The van der Waals surface area contributed by atoms with E-state index in [-0.39, 0.29) is 77.6 Å². The lowest BCUT2D eigenvalue weighted by Gasteiger charge is -2.20. The molecule has 518 valence electrons. The lowest BCUT2D eigenvalue weighted by Crippen LogP contribution is -2.28. The molecule has 0 unspecified atom stereocenters. The van der Waals surface area contributed by atoms with Gasteiger partial charge in [-0.15, -0.1) is 0 Å². The Morgan fingerprint density at radius 2 is 0.673 bits per heavy atom. The van der Waals surface area contributed by atoms with Crippen molar-refractivity contribution in [2.45, 2.75) is 149 Å². The van der Waals surface area contributed by atoms with Crippen molar-refractivity contribution in [3.8, 4) is 51.7 Å². The Hall–Kier alpha value is -10.4. The molecule has 10 aromatic carbocycles. The largest absolute Gasteiger partial charge is 0.508 e. The summed E-state index contributed by atoms with van der Waals surface area (Å²) in [5, 5.41) is 65.8. The van der Waals surface area contributed by atoms with Crippen LogP contribution in [0, 0.1) is 27.1 Å². The molecule has 0 spiro atoms. The average Bonchev–Trinajstić information content (AvgIpc) is 0.813. The zero-order chi connectivity index (χ0) is 72.5. The van der Waals surface area contributed by atoms with Crippen LogP contribution < -0.4 is 14.2 Å². The summed E-state index contributed by atoms with van der Waals surface area (Å²) in [6.07, 6.45) is 3.59. The molecule has 16 nitrogen and oxygen atoms in total. The number of esters is 5.